The van der Waals surface area contributed by atoms with Crippen molar-refractivity contribution in [3.63, 3.8) is 0 Å². The molecule has 0 spiro atoms. The first-order valence-electron chi connectivity index (χ1n) is 9.86. The zero-order valence-corrected chi connectivity index (χ0v) is 15.7. The van der Waals surface area contributed by atoms with Crippen LogP contribution in [-0.4, -0.2) is 31.5 Å². The van der Waals surface area contributed by atoms with Crippen LogP contribution in [0.15, 0.2) is 24.3 Å². The normalized spacial score (nSPS) is 19.7. The number of carbonyl (C=O) groups excluding carboxylic acids is 2. The molecule has 5 nitrogen and oxygen atoms in total. The van der Waals surface area contributed by atoms with Crippen molar-refractivity contribution >= 4 is 11.8 Å². The van der Waals surface area contributed by atoms with Gasteiger partial charge in [-0.05, 0) is 43.4 Å². The van der Waals surface area contributed by atoms with E-state index in [4.69, 9.17) is 4.74 Å². The minimum Gasteiger partial charge on any atom is -0.497 e. The van der Waals surface area contributed by atoms with Crippen molar-refractivity contribution in [3.8, 4) is 5.75 Å². The molecule has 0 heterocycles. The molecule has 1 aromatic rings. The van der Waals surface area contributed by atoms with Gasteiger partial charge in [-0.1, -0.05) is 44.2 Å². The van der Waals surface area contributed by atoms with E-state index < -0.39 is 11.8 Å². The fourth-order valence-corrected chi connectivity index (χ4v) is 4.39. The van der Waals surface area contributed by atoms with Crippen LogP contribution in [0.2, 0.25) is 0 Å². The van der Waals surface area contributed by atoms with Gasteiger partial charge < -0.3 is 15.4 Å². The molecule has 0 saturated heterocycles. The standard InChI is InChI=1S/C21H30N2O3/c1-26-18-11-9-16(10-12-18)21(13-5-6-14-21)15-22-19(24)20(25)23-17-7-3-2-4-8-17/h9-12,17H,2-8,13-15H2,1H3,(H,22,24)(H,23,25). The molecule has 2 aliphatic carbocycles. The van der Waals surface area contributed by atoms with Crippen LogP contribution in [-0.2, 0) is 15.0 Å². The Morgan fingerprint density at radius 3 is 2.27 bits per heavy atom. The summed E-state index contributed by atoms with van der Waals surface area (Å²) < 4.78 is 5.24. The number of ether oxygens (including phenoxy) is 1. The van der Waals surface area contributed by atoms with Gasteiger partial charge in [0.25, 0.3) is 0 Å². The number of carbonyl (C=O) groups is 2. The summed E-state index contributed by atoms with van der Waals surface area (Å²) in [6.07, 6.45) is 9.81. The number of rotatable bonds is 5. The summed E-state index contributed by atoms with van der Waals surface area (Å²) >= 11 is 0. The molecule has 0 aliphatic heterocycles. The average molecular weight is 358 g/mol. The van der Waals surface area contributed by atoms with E-state index in [1.54, 1.807) is 7.11 Å². The van der Waals surface area contributed by atoms with E-state index in [1.165, 1.54) is 12.0 Å². The van der Waals surface area contributed by atoms with Gasteiger partial charge in [-0.15, -0.1) is 0 Å². The highest BCUT2D eigenvalue weighted by atomic mass is 16.5. The predicted molar refractivity (Wildman–Crippen MR) is 101 cm³/mol. The molecule has 2 saturated carbocycles. The van der Waals surface area contributed by atoms with Crippen LogP contribution >= 0.6 is 0 Å². The minimum atomic E-state index is -0.504. The molecule has 5 heteroatoms. The van der Waals surface area contributed by atoms with E-state index in [2.05, 4.69) is 22.8 Å². The first-order chi connectivity index (χ1) is 12.6. The van der Waals surface area contributed by atoms with Crippen LogP contribution in [0.25, 0.3) is 0 Å². The van der Waals surface area contributed by atoms with E-state index in [0.717, 1.165) is 57.1 Å². The first kappa shape index (κ1) is 18.7. The third kappa shape index (κ3) is 4.37. The Labute approximate surface area is 155 Å². The number of amides is 2. The lowest BCUT2D eigenvalue weighted by molar-refractivity contribution is -0.139. The molecule has 2 aliphatic rings. The highest BCUT2D eigenvalue weighted by Gasteiger charge is 2.36. The van der Waals surface area contributed by atoms with Crippen molar-refractivity contribution in [2.24, 2.45) is 0 Å². The van der Waals surface area contributed by atoms with Gasteiger partial charge in [0.05, 0.1) is 7.11 Å². The van der Waals surface area contributed by atoms with E-state index in [-0.39, 0.29) is 11.5 Å². The zero-order valence-electron chi connectivity index (χ0n) is 15.7. The van der Waals surface area contributed by atoms with Crippen molar-refractivity contribution in [2.75, 3.05) is 13.7 Å². The topological polar surface area (TPSA) is 67.4 Å². The van der Waals surface area contributed by atoms with Crippen molar-refractivity contribution in [1.29, 1.82) is 0 Å². The Hall–Kier alpha value is -2.04. The Balaban J connectivity index is 1.59. The van der Waals surface area contributed by atoms with Crippen LogP contribution in [0.4, 0.5) is 0 Å². The lowest BCUT2D eigenvalue weighted by Crippen LogP contribution is -2.48. The van der Waals surface area contributed by atoms with Crippen LogP contribution < -0.4 is 15.4 Å². The molecule has 1 aromatic carbocycles. The molecule has 0 atom stereocenters. The van der Waals surface area contributed by atoms with E-state index >= 15 is 0 Å². The third-order valence-electron chi connectivity index (χ3n) is 6.00. The molecule has 0 aromatic heterocycles. The maximum Gasteiger partial charge on any atom is 0.309 e. The molecule has 0 unspecified atom stereocenters. The largest absolute Gasteiger partial charge is 0.497 e. The summed E-state index contributed by atoms with van der Waals surface area (Å²) in [5.41, 5.74) is 1.14. The van der Waals surface area contributed by atoms with Gasteiger partial charge >= 0.3 is 11.8 Å². The van der Waals surface area contributed by atoms with Crippen molar-refractivity contribution in [1.82, 2.24) is 10.6 Å². The van der Waals surface area contributed by atoms with Gasteiger partial charge in [0, 0.05) is 18.0 Å². The average Bonchev–Trinajstić information content (AvgIpc) is 3.17. The van der Waals surface area contributed by atoms with E-state index in [0.29, 0.717) is 6.54 Å². The fourth-order valence-electron chi connectivity index (χ4n) is 4.39. The highest BCUT2D eigenvalue weighted by molar-refractivity contribution is 6.35. The molecule has 3 rings (SSSR count). The van der Waals surface area contributed by atoms with Gasteiger partial charge in [-0.2, -0.15) is 0 Å². The number of methoxy groups -OCH3 is 1. The number of hydrogen-bond donors (Lipinski definition) is 2. The molecule has 2 fully saturated rings. The second-order valence-corrected chi connectivity index (χ2v) is 7.71. The summed E-state index contributed by atoms with van der Waals surface area (Å²) in [7, 11) is 1.66. The second-order valence-electron chi connectivity index (χ2n) is 7.71. The SMILES string of the molecule is COc1ccc(C2(CNC(=O)C(=O)NC3CCCCC3)CCCC2)cc1. The Bertz CT molecular complexity index is 615. The van der Waals surface area contributed by atoms with Gasteiger partial charge in [-0.25, -0.2) is 0 Å². The molecule has 142 valence electrons. The molecule has 26 heavy (non-hydrogen) atoms. The van der Waals surface area contributed by atoms with Crippen LogP contribution in [0.1, 0.15) is 63.4 Å². The van der Waals surface area contributed by atoms with Gasteiger partial charge in [0.2, 0.25) is 0 Å². The fraction of sp³-hybridized carbons (Fsp3) is 0.619. The van der Waals surface area contributed by atoms with Crippen LogP contribution in [0, 0.1) is 0 Å². The lowest BCUT2D eigenvalue weighted by Gasteiger charge is -2.30. The van der Waals surface area contributed by atoms with Gasteiger partial charge in [0.15, 0.2) is 0 Å². The Kier molecular flexibility index (Phi) is 6.17. The smallest absolute Gasteiger partial charge is 0.309 e. The maximum absolute atomic E-state index is 12.3. The molecule has 0 radical (unpaired) electrons. The molecular weight excluding hydrogens is 328 g/mol. The van der Waals surface area contributed by atoms with Gasteiger partial charge in [0.1, 0.15) is 5.75 Å². The van der Waals surface area contributed by atoms with Gasteiger partial charge in [-0.3, -0.25) is 9.59 Å². The van der Waals surface area contributed by atoms with E-state index in [1.807, 2.05) is 12.1 Å². The van der Waals surface area contributed by atoms with Crippen molar-refractivity contribution in [3.05, 3.63) is 29.8 Å². The summed E-state index contributed by atoms with van der Waals surface area (Å²) in [5.74, 6) is -0.159. The predicted octanol–water partition coefficient (Wildman–Crippen LogP) is 3.07. The van der Waals surface area contributed by atoms with Crippen molar-refractivity contribution in [2.45, 2.75) is 69.2 Å². The summed E-state index contributed by atoms with van der Waals surface area (Å²) in [6, 6.07) is 8.25. The monoisotopic (exact) mass is 358 g/mol. The number of hydrogen-bond acceptors (Lipinski definition) is 3. The number of nitrogens with one attached hydrogen (secondary N) is 2. The Morgan fingerprint density at radius 1 is 1.00 bits per heavy atom. The van der Waals surface area contributed by atoms with E-state index in [9.17, 15) is 9.59 Å². The summed E-state index contributed by atoms with van der Waals surface area (Å²) in [4.78, 5) is 24.5. The maximum atomic E-state index is 12.3. The highest BCUT2D eigenvalue weighted by Crippen LogP contribution is 2.41. The number of benzene rings is 1. The first-order valence-corrected chi connectivity index (χ1v) is 9.86. The summed E-state index contributed by atoms with van der Waals surface area (Å²) in [6.45, 7) is 0.510. The van der Waals surface area contributed by atoms with Crippen molar-refractivity contribution < 1.29 is 14.3 Å². The third-order valence-corrected chi connectivity index (χ3v) is 6.00. The molecule has 0 bridgehead atoms. The quantitative estimate of drug-likeness (QED) is 0.795. The van der Waals surface area contributed by atoms with Crippen LogP contribution in [0.5, 0.6) is 5.75 Å². The lowest BCUT2D eigenvalue weighted by atomic mass is 9.78. The second kappa shape index (κ2) is 8.56. The molecule has 2 amide bonds. The zero-order chi connectivity index (χ0) is 18.4. The Morgan fingerprint density at radius 2 is 1.65 bits per heavy atom. The molecular formula is C21H30N2O3. The van der Waals surface area contributed by atoms with Crippen LogP contribution in [0.3, 0.4) is 0 Å². The summed E-state index contributed by atoms with van der Waals surface area (Å²) in [5, 5.41) is 5.79. The minimum absolute atomic E-state index is 0.0763. The molecule has 2 N–H and O–H groups in total.